The molecule has 0 bridgehead atoms. The fraction of sp³-hybridized carbons (Fsp3) is 0.458. The number of likely N-dealkylation sites (tertiary alicyclic amines) is 1. The van der Waals surface area contributed by atoms with E-state index in [0.717, 1.165) is 12.1 Å². The highest BCUT2D eigenvalue weighted by Gasteiger charge is 2.42. The molecule has 7 nitrogen and oxygen atoms in total. The first-order chi connectivity index (χ1) is 15.4. The van der Waals surface area contributed by atoms with Crippen molar-refractivity contribution < 1.29 is 14.0 Å². The summed E-state index contributed by atoms with van der Waals surface area (Å²) in [5, 5.41) is 2.83. The molecule has 3 rings (SSSR count). The third-order valence-corrected chi connectivity index (χ3v) is 5.61. The van der Waals surface area contributed by atoms with Crippen LogP contribution in [0.25, 0.3) is 0 Å². The lowest BCUT2D eigenvalue weighted by Crippen LogP contribution is -2.47. The molecule has 32 heavy (non-hydrogen) atoms. The largest absolute Gasteiger partial charge is 0.353 e. The minimum Gasteiger partial charge on any atom is -0.353 e. The van der Waals surface area contributed by atoms with Gasteiger partial charge in [0.1, 0.15) is 11.9 Å². The van der Waals surface area contributed by atoms with Gasteiger partial charge < -0.3 is 16.0 Å². The molecule has 1 aliphatic rings. The molecule has 2 unspecified atom stereocenters. The molecule has 2 aromatic rings. The van der Waals surface area contributed by atoms with E-state index in [9.17, 15) is 14.0 Å². The smallest absolute Gasteiger partial charge is 0.256 e. The third-order valence-electron chi connectivity index (χ3n) is 5.61. The molecule has 1 aliphatic heterocycles. The number of carbonyl (C=O) groups excluding carboxylic acids is 2. The molecule has 8 heteroatoms. The van der Waals surface area contributed by atoms with Gasteiger partial charge in [-0.3, -0.25) is 19.5 Å². The van der Waals surface area contributed by atoms with Crippen LogP contribution in [-0.2, 0) is 11.3 Å². The lowest BCUT2D eigenvalue weighted by atomic mass is 10.1. The van der Waals surface area contributed by atoms with Crippen molar-refractivity contribution in [2.75, 3.05) is 26.2 Å². The molecule has 2 heterocycles. The predicted molar refractivity (Wildman–Crippen MR) is 121 cm³/mol. The zero-order valence-electron chi connectivity index (χ0n) is 18.7. The predicted octanol–water partition coefficient (Wildman–Crippen LogP) is 2.04. The number of nitrogens with two attached hydrogens (primary N) is 1. The van der Waals surface area contributed by atoms with E-state index in [1.165, 1.54) is 18.3 Å². The molecule has 0 saturated carbocycles. The molecule has 1 fully saturated rings. The van der Waals surface area contributed by atoms with E-state index in [1.54, 1.807) is 35.4 Å². The first-order valence-corrected chi connectivity index (χ1v) is 11.1. The second kappa shape index (κ2) is 11.2. The van der Waals surface area contributed by atoms with Gasteiger partial charge in [0.2, 0.25) is 5.91 Å². The molecule has 1 aromatic carbocycles. The number of rotatable bonds is 9. The zero-order valence-corrected chi connectivity index (χ0v) is 18.7. The SMILES string of the molecule is CC(C)CN(Cc1ccc(F)cc1)C1CC(C(=O)NCCN)N(C(=O)c2cccnc2)C1. The summed E-state index contributed by atoms with van der Waals surface area (Å²) in [5.41, 5.74) is 7.00. The maximum Gasteiger partial charge on any atom is 0.256 e. The summed E-state index contributed by atoms with van der Waals surface area (Å²) in [7, 11) is 0. The molecule has 3 N–H and O–H groups in total. The maximum absolute atomic E-state index is 13.4. The number of carbonyl (C=O) groups is 2. The molecule has 1 aromatic heterocycles. The van der Waals surface area contributed by atoms with E-state index in [-0.39, 0.29) is 23.7 Å². The Hall–Kier alpha value is -2.84. The van der Waals surface area contributed by atoms with Crippen LogP contribution in [0.1, 0.15) is 36.2 Å². The van der Waals surface area contributed by atoms with Crippen molar-refractivity contribution in [1.29, 1.82) is 0 Å². The van der Waals surface area contributed by atoms with Gasteiger partial charge in [-0.15, -0.1) is 0 Å². The maximum atomic E-state index is 13.4. The Kier molecular flexibility index (Phi) is 8.30. The van der Waals surface area contributed by atoms with Crippen LogP contribution < -0.4 is 11.1 Å². The highest BCUT2D eigenvalue weighted by atomic mass is 19.1. The number of halogens is 1. The average Bonchev–Trinajstić information content (AvgIpc) is 3.24. The van der Waals surface area contributed by atoms with Gasteiger partial charge in [0.25, 0.3) is 5.91 Å². The van der Waals surface area contributed by atoms with Crippen LogP contribution in [0.2, 0.25) is 0 Å². The first kappa shape index (κ1) is 23.8. The zero-order chi connectivity index (χ0) is 23.1. The minimum atomic E-state index is -0.581. The van der Waals surface area contributed by atoms with Gasteiger partial charge >= 0.3 is 0 Å². The molecule has 2 atom stereocenters. The number of benzene rings is 1. The highest BCUT2D eigenvalue weighted by molar-refractivity contribution is 5.97. The number of nitrogens with one attached hydrogen (secondary N) is 1. The van der Waals surface area contributed by atoms with E-state index in [4.69, 9.17) is 5.73 Å². The van der Waals surface area contributed by atoms with Gasteiger partial charge in [0.15, 0.2) is 0 Å². The summed E-state index contributed by atoms with van der Waals surface area (Å²) in [6.45, 7) is 6.82. The number of nitrogens with zero attached hydrogens (tertiary/aromatic N) is 3. The van der Waals surface area contributed by atoms with Gasteiger partial charge in [0.05, 0.1) is 5.56 Å². The van der Waals surface area contributed by atoms with Gasteiger partial charge in [0, 0.05) is 51.2 Å². The molecule has 0 spiro atoms. The van der Waals surface area contributed by atoms with E-state index < -0.39 is 6.04 Å². The Bertz CT molecular complexity index is 891. The fourth-order valence-electron chi connectivity index (χ4n) is 4.16. The van der Waals surface area contributed by atoms with Gasteiger partial charge in [-0.1, -0.05) is 26.0 Å². The van der Waals surface area contributed by atoms with Crippen molar-refractivity contribution in [2.45, 2.75) is 38.9 Å². The molecular weight excluding hydrogens is 409 g/mol. The highest BCUT2D eigenvalue weighted by Crippen LogP contribution is 2.26. The van der Waals surface area contributed by atoms with E-state index in [0.29, 0.717) is 44.1 Å². The molecular formula is C24H32FN5O2. The topological polar surface area (TPSA) is 91.6 Å². The van der Waals surface area contributed by atoms with Crippen LogP contribution in [-0.4, -0.2) is 64.9 Å². The monoisotopic (exact) mass is 441 g/mol. The van der Waals surface area contributed by atoms with E-state index in [2.05, 4.69) is 29.0 Å². The number of hydrogen-bond acceptors (Lipinski definition) is 5. The van der Waals surface area contributed by atoms with Crippen molar-refractivity contribution in [3.63, 3.8) is 0 Å². The summed E-state index contributed by atoms with van der Waals surface area (Å²) in [6, 6.07) is 9.31. The second-order valence-corrected chi connectivity index (χ2v) is 8.63. The number of amides is 2. The van der Waals surface area contributed by atoms with Crippen LogP contribution in [0.15, 0.2) is 48.8 Å². The van der Waals surface area contributed by atoms with Gasteiger partial charge in [-0.25, -0.2) is 4.39 Å². The van der Waals surface area contributed by atoms with Crippen LogP contribution in [0.3, 0.4) is 0 Å². The Balaban J connectivity index is 1.84. The van der Waals surface area contributed by atoms with Gasteiger partial charge in [-0.05, 0) is 42.2 Å². The van der Waals surface area contributed by atoms with Crippen molar-refractivity contribution >= 4 is 11.8 Å². The summed E-state index contributed by atoms with van der Waals surface area (Å²) >= 11 is 0. The van der Waals surface area contributed by atoms with Crippen molar-refractivity contribution in [1.82, 2.24) is 20.1 Å². The van der Waals surface area contributed by atoms with Crippen LogP contribution in [0.4, 0.5) is 4.39 Å². The molecule has 2 amide bonds. The summed E-state index contributed by atoms with van der Waals surface area (Å²) < 4.78 is 13.4. The second-order valence-electron chi connectivity index (χ2n) is 8.63. The Morgan fingerprint density at radius 3 is 2.66 bits per heavy atom. The number of pyridine rings is 1. The van der Waals surface area contributed by atoms with Crippen LogP contribution in [0, 0.1) is 11.7 Å². The van der Waals surface area contributed by atoms with Gasteiger partial charge in [-0.2, -0.15) is 0 Å². The lowest BCUT2D eigenvalue weighted by molar-refractivity contribution is -0.124. The Morgan fingerprint density at radius 1 is 1.28 bits per heavy atom. The average molecular weight is 442 g/mol. The standard InChI is InChI=1S/C24H32FN5O2/c1-17(2)14-29(15-18-5-7-20(25)8-6-18)21-12-22(23(31)28-11-9-26)30(16-21)24(32)19-4-3-10-27-13-19/h3-8,10,13,17,21-22H,9,11-12,14-16,26H2,1-2H3,(H,28,31). The number of hydrogen-bond donors (Lipinski definition) is 2. The molecule has 1 saturated heterocycles. The van der Waals surface area contributed by atoms with Crippen LogP contribution >= 0.6 is 0 Å². The third kappa shape index (κ3) is 6.11. The normalized spacial score (nSPS) is 18.4. The Morgan fingerprint density at radius 2 is 2.03 bits per heavy atom. The Labute approximate surface area is 188 Å². The van der Waals surface area contributed by atoms with Crippen molar-refractivity contribution in [2.24, 2.45) is 11.7 Å². The van der Waals surface area contributed by atoms with Crippen LogP contribution in [0.5, 0.6) is 0 Å². The summed E-state index contributed by atoms with van der Waals surface area (Å²) in [4.78, 5) is 34.1. The molecule has 0 radical (unpaired) electrons. The minimum absolute atomic E-state index is 0.00305. The van der Waals surface area contributed by atoms with E-state index in [1.807, 2.05) is 0 Å². The quantitative estimate of drug-likeness (QED) is 0.621. The molecule has 172 valence electrons. The van der Waals surface area contributed by atoms with Crippen molar-refractivity contribution in [3.8, 4) is 0 Å². The summed E-state index contributed by atoms with van der Waals surface area (Å²) in [6.07, 6.45) is 3.66. The first-order valence-electron chi connectivity index (χ1n) is 11.1. The lowest BCUT2D eigenvalue weighted by Gasteiger charge is -2.30. The fourth-order valence-corrected chi connectivity index (χ4v) is 4.16. The van der Waals surface area contributed by atoms with E-state index >= 15 is 0 Å². The summed E-state index contributed by atoms with van der Waals surface area (Å²) in [5.74, 6) is -0.279. The van der Waals surface area contributed by atoms with Crippen molar-refractivity contribution in [3.05, 3.63) is 65.7 Å². The number of aromatic nitrogens is 1. The molecule has 0 aliphatic carbocycles.